The largest absolute Gasteiger partial charge is 0.333 e. The van der Waals surface area contributed by atoms with Crippen molar-refractivity contribution in [2.45, 2.75) is 4.21 Å². The van der Waals surface area contributed by atoms with Crippen molar-refractivity contribution >= 4 is 67.2 Å². The third-order valence-corrected chi connectivity index (χ3v) is 7.58. The lowest BCUT2D eigenvalue weighted by atomic mass is 10.2. The van der Waals surface area contributed by atoms with E-state index < -0.39 is 27.4 Å². The molecule has 2 heterocycles. The summed E-state index contributed by atoms with van der Waals surface area (Å²) in [5.74, 6) is -0.578. The first-order valence-corrected chi connectivity index (χ1v) is 11.8. The molecule has 2 aromatic heterocycles. The molecule has 0 radical (unpaired) electrons. The lowest BCUT2D eigenvalue weighted by molar-refractivity contribution is 0.256. The van der Waals surface area contributed by atoms with Crippen molar-refractivity contribution in [3.63, 3.8) is 0 Å². The van der Waals surface area contributed by atoms with Gasteiger partial charge in [-0.05, 0) is 48.5 Å². The molecule has 2 N–H and O–H groups in total. The fourth-order valence-electron chi connectivity index (χ4n) is 2.82. The monoisotopic (exact) mass is 512 g/mol. The summed E-state index contributed by atoms with van der Waals surface area (Å²) in [4.78, 5) is 29.0. The van der Waals surface area contributed by atoms with E-state index in [0.29, 0.717) is 5.52 Å². The summed E-state index contributed by atoms with van der Waals surface area (Å²) < 4.78 is 41.1. The van der Waals surface area contributed by atoms with E-state index in [0.717, 1.165) is 22.0 Å². The van der Waals surface area contributed by atoms with Crippen LogP contribution in [0.5, 0.6) is 0 Å². The molecular weight excluding hydrogens is 502 g/mol. The summed E-state index contributed by atoms with van der Waals surface area (Å²) in [5.41, 5.74) is 0.202. The van der Waals surface area contributed by atoms with E-state index in [1.165, 1.54) is 48.8 Å². The fourth-order valence-corrected chi connectivity index (χ4v) is 5.48. The molecule has 0 spiro atoms. The molecule has 0 fully saturated rings. The van der Waals surface area contributed by atoms with Crippen molar-refractivity contribution in [2.75, 3.05) is 5.32 Å². The maximum absolute atomic E-state index is 13.5. The number of urea groups is 1. The number of amides is 2. The predicted molar refractivity (Wildman–Crippen MR) is 121 cm³/mol. The zero-order valence-corrected chi connectivity index (χ0v) is 18.8. The second kappa shape index (κ2) is 8.51. The highest BCUT2D eigenvalue weighted by atomic mass is 35.5. The average Bonchev–Trinajstić information content (AvgIpc) is 3.16. The zero-order valence-electron chi connectivity index (χ0n) is 15.7. The lowest BCUT2D eigenvalue weighted by Gasteiger charge is -2.11. The fraction of sp³-hybridized carbons (Fsp3) is 0. The minimum Gasteiger partial charge on any atom is -0.307 e. The molecule has 13 heteroatoms. The maximum atomic E-state index is 13.5. The van der Waals surface area contributed by atoms with Crippen LogP contribution in [0.2, 0.25) is 9.36 Å². The van der Waals surface area contributed by atoms with Crippen LogP contribution < -0.4 is 15.6 Å². The highest BCUT2D eigenvalue weighted by Gasteiger charge is 2.20. The number of benzene rings is 2. The van der Waals surface area contributed by atoms with E-state index >= 15 is 0 Å². The van der Waals surface area contributed by atoms with Gasteiger partial charge in [0, 0.05) is 5.69 Å². The number of nitrogens with zero attached hydrogens (tertiary/aromatic N) is 2. The summed E-state index contributed by atoms with van der Waals surface area (Å²) in [6, 6.07) is 9.50. The molecule has 0 aliphatic carbocycles. The van der Waals surface area contributed by atoms with Crippen LogP contribution in [0, 0.1) is 5.82 Å². The van der Waals surface area contributed by atoms with Gasteiger partial charge in [-0.15, -0.1) is 11.3 Å². The number of carbonyl (C=O) groups is 1. The third kappa shape index (κ3) is 4.46. The number of fused-ring (bicyclic) bond motifs is 1. The molecule has 8 nitrogen and oxygen atoms in total. The van der Waals surface area contributed by atoms with Gasteiger partial charge in [0.1, 0.15) is 16.4 Å². The van der Waals surface area contributed by atoms with Crippen LogP contribution >= 0.6 is 34.5 Å². The first-order valence-electron chi connectivity index (χ1n) is 8.70. The number of halogens is 3. The molecule has 0 aliphatic rings. The van der Waals surface area contributed by atoms with Crippen LogP contribution in [0.3, 0.4) is 0 Å². The first-order chi connectivity index (χ1) is 15.1. The molecular formula is C19H11Cl2FN4O4S2. The average molecular weight is 513 g/mol. The van der Waals surface area contributed by atoms with Gasteiger partial charge in [0.05, 0.1) is 25.9 Å². The molecule has 0 bridgehead atoms. The molecule has 4 aromatic rings. The maximum Gasteiger partial charge on any atom is 0.333 e. The number of hydrogen-bond acceptors (Lipinski definition) is 6. The van der Waals surface area contributed by atoms with Crippen molar-refractivity contribution in [2.24, 2.45) is 0 Å². The molecule has 2 amide bonds. The predicted octanol–water partition coefficient (Wildman–Crippen LogP) is 4.40. The van der Waals surface area contributed by atoms with E-state index in [-0.39, 0.29) is 30.3 Å². The number of nitrogens with one attached hydrogen (secondary N) is 2. The summed E-state index contributed by atoms with van der Waals surface area (Å²) in [6.07, 6.45) is 1.25. The Balaban J connectivity index is 1.58. The van der Waals surface area contributed by atoms with Crippen LogP contribution in [0.15, 0.2) is 63.9 Å². The number of rotatable bonds is 4. The van der Waals surface area contributed by atoms with E-state index in [4.69, 9.17) is 23.2 Å². The Morgan fingerprint density at radius 1 is 1.09 bits per heavy atom. The summed E-state index contributed by atoms with van der Waals surface area (Å²) in [7, 11) is -4.10. The molecule has 0 unspecified atom stereocenters. The van der Waals surface area contributed by atoms with Gasteiger partial charge in [-0.3, -0.25) is 9.36 Å². The molecule has 0 atom stereocenters. The van der Waals surface area contributed by atoms with Gasteiger partial charge in [-0.25, -0.2) is 27.3 Å². The van der Waals surface area contributed by atoms with E-state index in [9.17, 15) is 22.4 Å². The van der Waals surface area contributed by atoms with Crippen molar-refractivity contribution in [1.29, 1.82) is 0 Å². The van der Waals surface area contributed by atoms with Gasteiger partial charge < -0.3 is 5.32 Å². The number of anilines is 1. The van der Waals surface area contributed by atoms with Gasteiger partial charge in [0.2, 0.25) is 0 Å². The van der Waals surface area contributed by atoms with Crippen molar-refractivity contribution in [3.05, 3.63) is 80.4 Å². The molecule has 0 saturated carbocycles. The smallest absolute Gasteiger partial charge is 0.307 e. The Morgan fingerprint density at radius 3 is 2.56 bits per heavy atom. The molecule has 0 saturated heterocycles. The summed E-state index contributed by atoms with van der Waals surface area (Å²) in [5, 5.41) is 2.49. The Kier molecular flexibility index (Phi) is 5.91. The highest BCUT2D eigenvalue weighted by Crippen LogP contribution is 2.26. The second-order valence-electron chi connectivity index (χ2n) is 6.37. The van der Waals surface area contributed by atoms with Crippen LogP contribution in [-0.4, -0.2) is 24.0 Å². The number of thiophene rings is 1. The highest BCUT2D eigenvalue weighted by molar-refractivity contribution is 7.92. The normalized spacial score (nSPS) is 11.5. The topological polar surface area (TPSA) is 110 Å². The Labute approximate surface area is 194 Å². The van der Waals surface area contributed by atoms with Gasteiger partial charge in [-0.1, -0.05) is 23.2 Å². The van der Waals surface area contributed by atoms with Crippen LogP contribution in [0.25, 0.3) is 16.6 Å². The molecule has 4 rings (SSSR count). The minimum atomic E-state index is -4.10. The van der Waals surface area contributed by atoms with E-state index in [2.05, 4.69) is 10.3 Å². The van der Waals surface area contributed by atoms with Crippen LogP contribution in [0.4, 0.5) is 14.9 Å². The molecule has 32 heavy (non-hydrogen) atoms. The molecule has 164 valence electrons. The Bertz CT molecular complexity index is 1540. The Hall–Kier alpha value is -2.99. The third-order valence-electron chi connectivity index (χ3n) is 4.23. The lowest BCUT2D eigenvalue weighted by Crippen LogP contribution is -2.33. The molecule has 0 aliphatic heterocycles. The Morgan fingerprint density at radius 2 is 1.88 bits per heavy atom. The summed E-state index contributed by atoms with van der Waals surface area (Å²) in [6.45, 7) is 0. The van der Waals surface area contributed by atoms with E-state index in [1.807, 2.05) is 4.72 Å². The number of sulfonamides is 1. The van der Waals surface area contributed by atoms with Crippen molar-refractivity contribution in [3.8, 4) is 5.69 Å². The van der Waals surface area contributed by atoms with Gasteiger partial charge in [0.15, 0.2) is 0 Å². The SMILES string of the molecule is O=C(Nc1ccc(-n2cnc3ccc(F)cc3c2=O)c(Cl)c1)NS(=O)(=O)c1ccc(Cl)s1. The zero-order chi connectivity index (χ0) is 23.0. The van der Waals surface area contributed by atoms with Crippen LogP contribution in [-0.2, 0) is 10.0 Å². The van der Waals surface area contributed by atoms with Gasteiger partial charge in [-0.2, -0.15) is 0 Å². The van der Waals surface area contributed by atoms with Gasteiger partial charge in [0.25, 0.3) is 15.6 Å². The van der Waals surface area contributed by atoms with Crippen molar-refractivity contribution < 1.29 is 17.6 Å². The standard InChI is InChI=1S/C19H11Cl2FN4O4S2/c20-13-8-11(24-19(28)25-32(29,30)17-6-5-16(21)31-17)2-4-15(13)26-9-23-14-3-1-10(22)7-12(14)18(26)27/h1-9H,(H2,24,25,28). The summed E-state index contributed by atoms with van der Waals surface area (Å²) >= 11 is 12.8. The first kappa shape index (κ1) is 22.2. The van der Waals surface area contributed by atoms with Crippen LogP contribution in [0.1, 0.15) is 0 Å². The minimum absolute atomic E-state index is 0.0651. The second-order valence-corrected chi connectivity index (χ2v) is 10.4. The molecule has 2 aromatic carbocycles. The quantitative estimate of drug-likeness (QED) is 0.420. The number of hydrogen-bond donors (Lipinski definition) is 2. The van der Waals surface area contributed by atoms with Gasteiger partial charge >= 0.3 is 6.03 Å². The number of aromatic nitrogens is 2. The van der Waals surface area contributed by atoms with Crippen molar-refractivity contribution in [1.82, 2.24) is 14.3 Å². The number of carbonyl (C=O) groups excluding carboxylic acids is 1. The van der Waals surface area contributed by atoms with E-state index in [1.54, 1.807) is 0 Å².